The predicted molar refractivity (Wildman–Crippen MR) is 101 cm³/mol. The van der Waals surface area contributed by atoms with Crippen molar-refractivity contribution in [3.05, 3.63) is 75.6 Å². The van der Waals surface area contributed by atoms with Gasteiger partial charge in [0.2, 0.25) is 5.43 Å². The molecule has 0 spiro atoms. The summed E-state index contributed by atoms with van der Waals surface area (Å²) in [6, 6.07) is 15.0. The van der Waals surface area contributed by atoms with Gasteiger partial charge in [-0.1, -0.05) is 59.7 Å². The van der Waals surface area contributed by atoms with E-state index >= 15 is 0 Å². The molecule has 0 aliphatic heterocycles. The molecule has 132 valence electrons. The second kappa shape index (κ2) is 7.35. The average molecular weight is 348 g/mol. The summed E-state index contributed by atoms with van der Waals surface area (Å²) < 4.78 is 5.08. The number of hydrogen-bond acceptors (Lipinski definition) is 4. The van der Waals surface area contributed by atoms with E-state index in [1.807, 2.05) is 62.4 Å². The zero-order valence-corrected chi connectivity index (χ0v) is 15.0. The lowest BCUT2D eigenvalue weighted by Gasteiger charge is -2.10. The number of esters is 1. The third-order valence-electron chi connectivity index (χ3n) is 4.12. The number of aromatic amines is 1. The van der Waals surface area contributed by atoms with Crippen LogP contribution in [0.15, 0.2) is 53.3 Å². The van der Waals surface area contributed by atoms with Crippen LogP contribution in [0, 0.1) is 13.8 Å². The van der Waals surface area contributed by atoms with Gasteiger partial charge >= 0.3 is 5.97 Å². The van der Waals surface area contributed by atoms with Gasteiger partial charge in [-0.25, -0.2) is 4.79 Å². The van der Waals surface area contributed by atoms with Crippen molar-refractivity contribution in [2.45, 2.75) is 20.8 Å². The lowest BCUT2D eigenvalue weighted by molar-refractivity contribution is 0.0519. The molecule has 1 aromatic heterocycles. The quantitative estimate of drug-likeness (QED) is 0.726. The Kier molecular flexibility index (Phi) is 4.98. The first kappa shape index (κ1) is 17.6. The first-order valence-electron chi connectivity index (χ1n) is 8.45. The molecule has 0 aliphatic rings. The average Bonchev–Trinajstić information content (AvgIpc) is 2.63. The van der Waals surface area contributed by atoms with Gasteiger partial charge in [0.15, 0.2) is 5.69 Å². The number of aryl methyl sites for hydroxylation is 2. The Morgan fingerprint density at radius 3 is 2.04 bits per heavy atom. The fourth-order valence-electron chi connectivity index (χ4n) is 2.70. The molecule has 5 nitrogen and oxygen atoms in total. The Labute approximate surface area is 151 Å². The summed E-state index contributed by atoms with van der Waals surface area (Å²) in [6.45, 7) is 5.87. The molecule has 0 unspecified atom stereocenters. The van der Waals surface area contributed by atoms with Crippen LogP contribution in [0.5, 0.6) is 0 Å². The highest BCUT2D eigenvalue weighted by Crippen LogP contribution is 2.23. The molecule has 3 aromatic rings. The van der Waals surface area contributed by atoms with E-state index < -0.39 is 5.97 Å². The SMILES string of the molecule is CCOC(=O)c1[nH]nc(-c2ccc(C)cc2)c(=O)c1-c1ccc(C)cc1. The van der Waals surface area contributed by atoms with Crippen LogP contribution in [0.2, 0.25) is 0 Å². The molecule has 0 atom stereocenters. The van der Waals surface area contributed by atoms with E-state index in [2.05, 4.69) is 10.2 Å². The molecule has 0 fully saturated rings. The highest BCUT2D eigenvalue weighted by Gasteiger charge is 2.21. The molecule has 5 heteroatoms. The van der Waals surface area contributed by atoms with Crippen LogP contribution in [0.3, 0.4) is 0 Å². The summed E-state index contributed by atoms with van der Waals surface area (Å²) in [5.74, 6) is -0.594. The van der Waals surface area contributed by atoms with Crippen LogP contribution >= 0.6 is 0 Å². The molecule has 0 aliphatic carbocycles. The minimum Gasteiger partial charge on any atom is -0.461 e. The van der Waals surface area contributed by atoms with E-state index in [-0.39, 0.29) is 29.0 Å². The summed E-state index contributed by atoms with van der Waals surface area (Å²) in [5.41, 5.74) is 3.80. The van der Waals surface area contributed by atoms with Crippen LogP contribution in [0.25, 0.3) is 22.4 Å². The monoisotopic (exact) mass is 348 g/mol. The topological polar surface area (TPSA) is 72.1 Å². The van der Waals surface area contributed by atoms with Gasteiger partial charge < -0.3 is 4.74 Å². The molecule has 26 heavy (non-hydrogen) atoms. The zero-order chi connectivity index (χ0) is 18.7. The number of ether oxygens (including phenoxy) is 1. The van der Waals surface area contributed by atoms with E-state index in [1.165, 1.54) is 0 Å². The van der Waals surface area contributed by atoms with Gasteiger partial charge in [-0.05, 0) is 26.3 Å². The van der Waals surface area contributed by atoms with Crippen molar-refractivity contribution in [3.63, 3.8) is 0 Å². The van der Waals surface area contributed by atoms with Gasteiger partial charge in [0.25, 0.3) is 0 Å². The van der Waals surface area contributed by atoms with Crippen molar-refractivity contribution in [2.24, 2.45) is 0 Å². The second-order valence-corrected chi connectivity index (χ2v) is 6.10. The van der Waals surface area contributed by atoms with Crippen molar-refractivity contribution in [1.29, 1.82) is 0 Å². The highest BCUT2D eigenvalue weighted by atomic mass is 16.5. The smallest absolute Gasteiger partial charge is 0.357 e. The number of hydrogen-bond donors (Lipinski definition) is 1. The van der Waals surface area contributed by atoms with E-state index in [1.54, 1.807) is 6.92 Å². The Morgan fingerprint density at radius 1 is 0.962 bits per heavy atom. The minimum absolute atomic E-state index is 0.0663. The van der Waals surface area contributed by atoms with Gasteiger partial charge in [0.1, 0.15) is 5.69 Å². The van der Waals surface area contributed by atoms with Crippen LogP contribution in [0.1, 0.15) is 28.5 Å². The fraction of sp³-hybridized carbons (Fsp3) is 0.190. The Hall–Kier alpha value is -3.21. The number of nitrogens with zero attached hydrogens (tertiary/aromatic N) is 1. The van der Waals surface area contributed by atoms with Gasteiger partial charge in [-0.15, -0.1) is 0 Å². The molecule has 3 rings (SSSR count). The zero-order valence-electron chi connectivity index (χ0n) is 15.0. The second-order valence-electron chi connectivity index (χ2n) is 6.10. The van der Waals surface area contributed by atoms with Crippen LogP contribution < -0.4 is 5.43 Å². The maximum atomic E-state index is 13.2. The fourth-order valence-corrected chi connectivity index (χ4v) is 2.70. The summed E-state index contributed by atoms with van der Waals surface area (Å²) in [6.07, 6.45) is 0. The molecule has 0 saturated heterocycles. The van der Waals surface area contributed by atoms with Crippen molar-refractivity contribution in [1.82, 2.24) is 10.2 Å². The van der Waals surface area contributed by atoms with Crippen molar-refractivity contribution < 1.29 is 9.53 Å². The van der Waals surface area contributed by atoms with Gasteiger partial charge in [0.05, 0.1) is 12.2 Å². The summed E-state index contributed by atoms with van der Waals surface area (Å²) in [4.78, 5) is 25.5. The predicted octanol–water partition coefficient (Wildman–Crippen LogP) is 3.90. The number of H-pyrrole nitrogens is 1. The lowest BCUT2D eigenvalue weighted by Crippen LogP contribution is -2.20. The largest absolute Gasteiger partial charge is 0.461 e. The van der Waals surface area contributed by atoms with Gasteiger partial charge in [-0.2, -0.15) is 5.10 Å². The van der Waals surface area contributed by atoms with Crippen molar-refractivity contribution >= 4 is 5.97 Å². The maximum Gasteiger partial charge on any atom is 0.357 e. The van der Waals surface area contributed by atoms with E-state index in [0.29, 0.717) is 11.1 Å². The van der Waals surface area contributed by atoms with Crippen LogP contribution in [-0.2, 0) is 4.74 Å². The maximum absolute atomic E-state index is 13.2. The molecule has 0 amide bonds. The molecule has 0 saturated carbocycles. The number of carbonyl (C=O) groups is 1. The number of aromatic nitrogens is 2. The van der Waals surface area contributed by atoms with Gasteiger partial charge in [-0.3, -0.25) is 9.89 Å². The normalized spacial score (nSPS) is 10.6. The highest BCUT2D eigenvalue weighted by molar-refractivity contribution is 5.95. The molecule has 1 N–H and O–H groups in total. The van der Waals surface area contributed by atoms with Crippen LogP contribution in [0.4, 0.5) is 0 Å². The summed E-state index contributed by atoms with van der Waals surface area (Å²) in [7, 11) is 0. The van der Waals surface area contributed by atoms with E-state index in [4.69, 9.17) is 4.74 Å². The summed E-state index contributed by atoms with van der Waals surface area (Å²) in [5, 5.41) is 6.88. The Bertz CT molecular complexity index is 987. The molecular weight excluding hydrogens is 328 g/mol. The van der Waals surface area contributed by atoms with Crippen molar-refractivity contribution in [2.75, 3.05) is 6.61 Å². The lowest BCUT2D eigenvalue weighted by atomic mass is 9.99. The Balaban J connectivity index is 2.24. The van der Waals surface area contributed by atoms with Crippen molar-refractivity contribution in [3.8, 4) is 22.4 Å². The molecule has 0 bridgehead atoms. The minimum atomic E-state index is -0.594. The molecule has 0 radical (unpaired) electrons. The molecular formula is C21H20N2O3. The first-order chi connectivity index (χ1) is 12.5. The van der Waals surface area contributed by atoms with E-state index in [9.17, 15) is 9.59 Å². The number of rotatable bonds is 4. The third kappa shape index (κ3) is 3.42. The number of benzene rings is 2. The van der Waals surface area contributed by atoms with E-state index in [0.717, 1.165) is 11.1 Å². The Morgan fingerprint density at radius 2 is 1.50 bits per heavy atom. The number of carbonyl (C=O) groups excluding carboxylic acids is 1. The van der Waals surface area contributed by atoms with Gasteiger partial charge in [0, 0.05) is 5.56 Å². The van der Waals surface area contributed by atoms with Crippen LogP contribution in [-0.4, -0.2) is 22.8 Å². The molecule has 2 aromatic carbocycles. The molecule has 1 heterocycles. The summed E-state index contributed by atoms with van der Waals surface area (Å²) >= 11 is 0. The first-order valence-corrected chi connectivity index (χ1v) is 8.45. The number of nitrogens with one attached hydrogen (secondary N) is 1. The standard InChI is InChI=1S/C21H20N2O3/c1-4-26-21(25)19-17(15-9-5-13(2)6-10-15)20(24)18(22-23-19)16-11-7-14(3)8-12-16/h5-12H,4H2,1-3H3,(H,23,24). The third-order valence-corrected chi connectivity index (χ3v) is 4.12.